The fraction of sp³-hybridized carbons (Fsp3) is 0.733. The van der Waals surface area contributed by atoms with Crippen molar-refractivity contribution in [2.24, 2.45) is 10.2 Å². The summed E-state index contributed by atoms with van der Waals surface area (Å²) in [5.41, 5.74) is -0.427. The minimum atomic E-state index is -0.427. The Morgan fingerprint density at radius 1 is 1.38 bits per heavy atom. The summed E-state index contributed by atoms with van der Waals surface area (Å²) in [5.74, 6) is 2.55. The number of rotatable bonds is 7. The highest BCUT2D eigenvalue weighted by Crippen LogP contribution is 2.37. The molecular weight excluding hydrogens is 268 g/mol. The van der Waals surface area contributed by atoms with E-state index in [-0.39, 0.29) is 17.9 Å². The topological polar surface area (TPSA) is 74.1 Å². The number of carbonyl (C=O) groups is 2. The lowest BCUT2D eigenvalue weighted by Crippen LogP contribution is -2.42. The molecule has 2 heterocycles. The molecule has 6 heteroatoms. The summed E-state index contributed by atoms with van der Waals surface area (Å²) in [7, 11) is 0. The predicted octanol–water partition coefficient (Wildman–Crippen LogP) is 1.22. The SMILES string of the molecule is C#CCCC1(CCC(=O)NC2CCN(C3CC3)C2=O)N=N1. The van der Waals surface area contributed by atoms with Crippen LogP contribution in [0.5, 0.6) is 0 Å². The number of carbonyl (C=O) groups excluding carboxylic acids is 2. The maximum absolute atomic E-state index is 12.1. The number of likely N-dealkylation sites (tertiary alicyclic amines) is 1. The van der Waals surface area contributed by atoms with Gasteiger partial charge in [-0.2, -0.15) is 10.2 Å². The van der Waals surface area contributed by atoms with Gasteiger partial charge in [0.2, 0.25) is 11.8 Å². The van der Waals surface area contributed by atoms with Crippen LogP contribution in [-0.2, 0) is 9.59 Å². The van der Waals surface area contributed by atoms with E-state index in [9.17, 15) is 9.59 Å². The normalized spacial score (nSPS) is 25.8. The zero-order valence-corrected chi connectivity index (χ0v) is 12.0. The van der Waals surface area contributed by atoms with Crippen molar-refractivity contribution in [3.63, 3.8) is 0 Å². The highest BCUT2D eigenvalue weighted by molar-refractivity contribution is 5.89. The van der Waals surface area contributed by atoms with E-state index in [1.165, 1.54) is 0 Å². The highest BCUT2D eigenvalue weighted by atomic mass is 16.2. The van der Waals surface area contributed by atoms with Crippen molar-refractivity contribution < 1.29 is 9.59 Å². The summed E-state index contributed by atoms with van der Waals surface area (Å²) >= 11 is 0. The van der Waals surface area contributed by atoms with Crippen molar-refractivity contribution in [2.45, 2.75) is 62.7 Å². The van der Waals surface area contributed by atoms with Gasteiger partial charge in [0.1, 0.15) is 6.04 Å². The zero-order valence-electron chi connectivity index (χ0n) is 12.0. The summed E-state index contributed by atoms with van der Waals surface area (Å²) in [4.78, 5) is 26.0. The summed E-state index contributed by atoms with van der Waals surface area (Å²) in [6, 6.07) is 0.0864. The fourth-order valence-corrected chi connectivity index (χ4v) is 2.83. The molecule has 0 bridgehead atoms. The number of hydrogen-bond acceptors (Lipinski definition) is 4. The molecule has 2 fully saturated rings. The molecule has 1 atom stereocenters. The first kappa shape index (κ1) is 14.1. The molecule has 1 aliphatic carbocycles. The van der Waals surface area contributed by atoms with Crippen LogP contribution >= 0.6 is 0 Å². The molecule has 0 aromatic rings. The fourth-order valence-electron chi connectivity index (χ4n) is 2.83. The Bertz CT molecular complexity index is 512. The molecule has 2 amide bonds. The average molecular weight is 288 g/mol. The Labute approximate surface area is 124 Å². The number of hydrogen-bond donors (Lipinski definition) is 1. The van der Waals surface area contributed by atoms with E-state index in [0.717, 1.165) is 25.8 Å². The lowest BCUT2D eigenvalue weighted by atomic mass is 10.0. The van der Waals surface area contributed by atoms with Gasteiger partial charge in [0, 0.05) is 38.3 Å². The van der Waals surface area contributed by atoms with Gasteiger partial charge in [-0.3, -0.25) is 9.59 Å². The van der Waals surface area contributed by atoms with Crippen LogP contribution in [0.4, 0.5) is 0 Å². The van der Waals surface area contributed by atoms with Gasteiger partial charge in [-0.1, -0.05) is 0 Å². The molecular formula is C15H20N4O2. The van der Waals surface area contributed by atoms with Crippen LogP contribution in [0.3, 0.4) is 0 Å². The lowest BCUT2D eigenvalue weighted by molar-refractivity contribution is -0.133. The van der Waals surface area contributed by atoms with Crippen LogP contribution in [0.2, 0.25) is 0 Å². The third kappa shape index (κ3) is 3.23. The monoisotopic (exact) mass is 288 g/mol. The Hall–Kier alpha value is -1.90. The predicted molar refractivity (Wildman–Crippen MR) is 76.2 cm³/mol. The summed E-state index contributed by atoms with van der Waals surface area (Å²) in [5, 5.41) is 10.9. The summed E-state index contributed by atoms with van der Waals surface area (Å²) in [6.07, 6.45) is 10.4. The van der Waals surface area contributed by atoms with Gasteiger partial charge in [0.25, 0.3) is 0 Å². The maximum Gasteiger partial charge on any atom is 0.245 e. The first-order valence-corrected chi connectivity index (χ1v) is 7.61. The molecule has 6 nitrogen and oxygen atoms in total. The quantitative estimate of drug-likeness (QED) is 0.715. The third-order valence-electron chi connectivity index (χ3n) is 4.37. The second-order valence-electron chi connectivity index (χ2n) is 6.06. The van der Waals surface area contributed by atoms with Gasteiger partial charge in [-0.25, -0.2) is 0 Å². The minimum absolute atomic E-state index is 0.0775. The Morgan fingerprint density at radius 2 is 2.14 bits per heavy atom. The largest absolute Gasteiger partial charge is 0.344 e. The molecule has 0 radical (unpaired) electrons. The van der Waals surface area contributed by atoms with Gasteiger partial charge in [0.15, 0.2) is 5.66 Å². The van der Waals surface area contributed by atoms with Crippen molar-refractivity contribution in [3.05, 3.63) is 0 Å². The van der Waals surface area contributed by atoms with E-state index >= 15 is 0 Å². The van der Waals surface area contributed by atoms with Crippen LogP contribution in [0.1, 0.15) is 44.9 Å². The molecule has 1 saturated heterocycles. The number of terminal acetylenes is 1. The van der Waals surface area contributed by atoms with Crippen LogP contribution in [0, 0.1) is 12.3 Å². The smallest absolute Gasteiger partial charge is 0.245 e. The number of nitrogens with one attached hydrogen (secondary N) is 1. The Balaban J connectivity index is 1.41. The van der Waals surface area contributed by atoms with Gasteiger partial charge in [-0.05, 0) is 19.3 Å². The van der Waals surface area contributed by atoms with E-state index in [2.05, 4.69) is 21.5 Å². The van der Waals surface area contributed by atoms with E-state index < -0.39 is 5.66 Å². The molecule has 1 unspecified atom stereocenters. The molecule has 21 heavy (non-hydrogen) atoms. The van der Waals surface area contributed by atoms with Crippen molar-refractivity contribution >= 4 is 11.8 Å². The third-order valence-corrected chi connectivity index (χ3v) is 4.37. The molecule has 1 N–H and O–H groups in total. The van der Waals surface area contributed by atoms with Gasteiger partial charge < -0.3 is 10.2 Å². The van der Waals surface area contributed by atoms with Crippen molar-refractivity contribution in [1.29, 1.82) is 0 Å². The minimum Gasteiger partial charge on any atom is -0.344 e. The standard InChI is InChI=1S/C15H20N4O2/c1-2-3-8-15(17-18-15)9-6-13(20)16-12-7-10-19(14(12)21)11-4-5-11/h1,11-12H,3-10H2,(H,16,20). The maximum atomic E-state index is 12.1. The molecule has 2 aliphatic heterocycles. The lowest BCUT2D eigenvalue weighted by Gasteiger charge is -2.16. The van der Waals surface area contributed by atoms with E-state index in [1.54, 1.807) is 0 Å². The molecule has 0 aromatic carbocycles. The second-order valence-corrected chi connectivity index (χ2v) is 6.06. The number of nitrogens with zero attached hydrogens (tertiary/aromatic N) is 3. The Kier molecular flexibility index (Phi) is 3.66. The molecule has 3 rings (SSSR count). The molecule has 0 aromatic heterocycles. The van der Waals surface area contributed by atoms with Crippen LogP contribution < -0.4 is 5.32 Å². The van der Waals surface area contributed by atoms with E-state index in [4.69, 9.17) is 6.42 Å². The second kappa shape index (κ2) is 5.47. The van der Waals surface area contributed by atoms with Crippen LogP contribution in [0.25, 0.3) is 0 Å². The van der Waals surface area contributed by atoms with Crippen molar-refractivity contribution in [1.82, 2.24) is 10.2 Å². The van der Waals surface area contributed by atoms with Gasteiger partial charge in [-0.15, -0.1) is 12.3 Å². The molecule has 112 valence electrons. The average Bonchev–Trinajstić information content (AvgIpc) is 3.38. The van der Waals surface area contributed by atoms with Crippen LogP contribution in [-0.4, -0.2) is 41.0 Å². The van der Waals surface area contributed by atoms with Gasteiger partial charge in [0.05, 0.1) is 0 Å². The molecule has 3 aliphatic rings. The highest BCUT2D eigenvalue weighted by Gasteiger charge is 2.42. The van der Waals surface area contributed by atoms with Crippen molar-refractivity contribution in [2.75, 3.05) is 6.54 Å². The first-order chi connectivity index (χ1) is 10.1. The zero-order chi connectivity index (χ0) is 14.9. The van der Waals surface area contributed by atoms with Gasteiger partial charge >= 0.3 is 0 Å². The Morgan fingerprint density at radius 3 is 2.76 bits per heavy atom. The van der Waals surface area contributed by atoms with Crippen LogP contribution in [0.15, 0.2) is 10.2 Å². The summed E-state index contributed by atoms with van der Waals surface area (Å²) in [6.45, 7) is 0.769. The molecule has 0 spiro atoms. The van der Waals surface area contributed by atoms with E-state index in [0.29, 0.717) is 31.7 Å². The first-order valence-electron chi connectivity index (χ1n) is 7.61. The van der Waals surface area contributed by atoms with E-state index in [1.807, 2.05) is 4.90 Å². The number of amides is 2. The molecule has 1 saturated carbocycles. The van der Waals surface area contributed by atoms with Crippen molar-refractivity contribution in [3.8, 4) is 12.3 Å². The summed E-state index contributed by atoms with van der Waals surface area (Å²) < 4.78 is 0.